The first-order chi connectivity index (χ1) is 12.9. The van der Waals surface area contributed by atoms with Crippen LogP contribution in [-0.4, -0.2) is 25.5 Å². The summed E-state index contributed by atoms with van der Waals surface area (Å²) in [6, 6.07) is 12.1. The molecule has 9 heteroatoms. The van der Waals surface area contributed by atoms with E-state index in [4.69, 9.17) is 16.3 Å². The highest BCUT2D eigenvalue weighted by atomic mass is 35.5. The smallest absolute Gasteiger partial charge is 0.265 e. The minimum atomic E-state index is -4.11. The number of aromatic nitrogens is 2. The first kappa shape index (κ1) is 17.6. The largest absolute Gasteiger partial charge is 0.480 e. The topological polar surface area (TPSA) is 84.1 Å². The maximum atomic E-state index is 14.1. The number of hydrogen-bond acceptors (Lipinski definition) is 4. The maximum absolute atomic E-state index is 14.1. The van der Waals surface area contributed by atoms with Crippen molar-refractivity contribution >= 4 is 49.1 Å². The van der Waals surface area contributed by atoms with E-state index in [9.17, 15) is 12.8 Å². The minimum absolute atomic E-state index is 0.0154. The maximum Gasteiger partial charge on any atom is 0.265 e. The van der Waals surface area contributed by atoms with Crippen LogP contribution in [0.4, 0.5) is 10.2 Å². The first-order valence-corrected chi connectivity index (χ1v) is 9.68. The molecule has 2 aromatic heterocycles. The lowest BCUT2D eigenvalue weighted by molar-refractivity contribution is 0.397. The summed E-state index contributed by atoms with van der Waals surface area (Å²) in [5, 5.41) is 2.28. The Kier molecular flexibility index (Phi) is 4.16. The Morgan fingerprint density at radius 1 is 1.19 bits per heavy atom. The number of nitrogens with zero attached hydrogens (tertiary/aromatic N) is 1. The van der Waals surface area contributed by atoms with Gasteiger partial charge in [-0.05, 0) is 5.39 Å². The van der Waals surface area contributed by atoms with Gasteiger partial charge in [0.05, 0.1) is 12.6 Å². The third-order valence-corrected chi connectivity index (χ3v) is 5.80. The summed E-state index contributed by atoms with van der Waals surface area (Å²) in [6.07, 6.45) is 1.37. The van der Waals surface area contributed by atoms with Gasteiger partial charge in [0.2, 0.25) is 5.88 Å². The molecular formula is C18H13ClFN3O3S. The van der Waals surface area contributed by atoms with Crippen molar-refractivity contribution in [2.45, 2.75) is 4.90 Å². The Labute approximate surface area is 159 Å². The van der Waals surface area contributed by atoms with E-state index in [-0.39, 0.29) is 15.8 Å². The lowest BCUT2D eigenvalue weighted by Gasteiger charge is -2.10. The van der Waals surface area contributed by atoms with Crippen LogP contribution in [0.1, 0.15) is 0 Å². The van der Waals surface area contributed by atoms with Gasteiger partial charge in [-0.25, -0.2) is 12.8 Å². The average Bonchev–Trinajstić information content (AvgIpc) is 3.09. The summed E-state index contributed by atoms with van der Waals surface area (Å²) in [5.41, 5.74) is 0.676. The molecule has 27 heavy (non-hydrogen) atoms. The number of pyridine rings is 1. The van der Waals surface area contributed by atoms with Crippen LogP contribution in [0.2, 0.25) is 5.02 Å². The molecule has 0 fully saturated rings. The summed E-state index contributed by atoms with van der Waals surface area (Å²) < 4.78 is 46.9. The molecule has 0 unspecified atom stereocenters. The second-order valence-electron chi connectivity index (χ2n) is 5.78. The van der Waals surface area contributed by atoms with E-state index in [1.54, 1.807) is 6.07 Å². The summed E-state index contributed by atoms with van der Waals surface area (Å²) in [7, 11) is -2.81. The average molecular weight is 406 g/mol. The number of hydrogen-bond donors (Lipinski definition) is 2. The number of fused-ring (bicyclic) bond motifs is 3. The Balaban J connectivity index is 1.82. The van der Waals surface area contributed by atoms with Gasteiger partial charge in [0.1, 0.15) is 9.92 Å². The molecule has 0 bridgehead atoms. The van der Waals surface area contributed by atoms with Gasteiger partial charge in [-0.15, -0.1) is 0 Å². The van der Waals surface area contributed by atoms with Crippen molar-refractivity contribution in [1.29, 1.82) is 0 Å². The number of methoxy groups -OCH3 is 1. The number of ether oxygens (including phenoxy) is 1. The molecule has 0 amide bonds. The van der Waals surface area contributed by atoms with Gasteiger partial charge in [-0.2, -0.15) is 4.98 Å². The Morgan fingerprint density at radius 2 is 1.96 bits per heavy atom. The summed E-state index contributed by atoms with van der Waals surface area (Å²) in [6.45, 7) is 0. The highest BCUT2D eigenvalue weighted by molar-refractivity contribution is 7.93. The molecule has 0 spiro atoms. The molecular weight excluding hydrogens is 393 g/mol. The van der Waals surface area contributed by atoms with Gasteiger partial charge in [0.25, 0.3) is 10.0 Å². The number of nitrogens with one attached hydrogen (secondary N) is 2. The van der Waals surface area contributed by atoms with Gasteiger partial charge in [-0.1, -0.05) is 48.0 Å². The third kappa shape index (κ3) is 2.96. The molecule has 6 nitrogen and oxygen atoms in total. The molecule has 2 heterocycles. The minimum Gasteiger partial charge on any atom is -0.480 e. The number of benzene rings is 2. The molecule has 4 aromatic rings. The predicted molar refractivity (Wildman–Crippen MR) is 102 cm³/mol. The van der Waals surface area contributed by atoms with Gasteiger partial charge < -0.3 is 9.72 Å². The third-order valence-electron chi connectivity index (χ3n) is 4.15. The molecule has 0 radical (unpaired) electrons. The molecule has 2 N–H and O–H groups in total. The van der Waals surface area contributed by atoms with Crippen molar-refractivity contribution in [3.63, 3.8) is 0 Å². The van der Waals surface area contributed by atoms with Crippen molar-refractivity contribution in [2.75, 3.05) is 11.8 Å². The van der Waals surface area contributed by atoms with E-state index < -0.39 is 21.7 Å². The molecule has 0 saturated heterocycles. The molecule has 0 aliphatic heterocycles. The van der Waals surface area contributed by atoms with Gasteiger partial charge in [0.15, 0.2) is 11.6 Å². The standard InChI is InChI=1S/C18H13ClFN3O3S/c1-26-18-13(19)8-14(20)17(22-18)23-27(24,25)15-9-21-16-11-5-3-2-4-10(11)6-7-12(15)16/h2-9,21H,1H3,(H,22,23). The highest BCUT2D eigenvalue weighted by Crippen LogP contribution is 2.32. The number of aromatic amines is 1. The van der Waals surface area contributed by atoms with E-state index in [0.717, 1.165) is 16.8 Å². The van der Waals surface area contributed by atoms with Gasteiger partial charge in [0, 0.05) is 23.0 Å². The number of rotatable bonds is 4. The summed E-state index contributed by atoms with van der Waals surface area (Å²) in [5.74, 6) is -1.48. The second kappa shape index (κ2) is 6.40. The molecule has 0 aliphatic carbocycles. The van der Waals surface area contributed by atoms with Crippen molar-refractivity contribution in [1.82, 2.24) is 9.97 Å². The predicted octanol–water partition coefficient (Wildman–Crippen LogP) is 4.32. The number of anilines is 1. The fraction of sp³-hybridized carbons (Fsp3) is 0.0556. The zero-order valence-corrected chi connectivity index (χ0v) is 15.5. The highest BCUT2D eigenvalue weighted by Gasteiger charge is 2.23. The van der Waals surface area contributed by atoms with E-state index in [2.05, 4.69) is 14.7 Å². The second-order valence-corrected chi connectivity index (χ2v) is 7.84. The van der Waals surface area contributed by atoms with Crippen molar-refractivity contribution in [3.05, 3.63) is 59.5 Å². The number of sulfonamides is 1. The van der Waals surface area contributed by atoms with Crippen LogP contribution in [0.25, 0.3) is 21.7 Å². The first-order valence-electron chi connectivity index (χ1n) is 7.82. The van der Waals surface area contributed by atoms with Crippen LogP contribution in [0.5, 0.6) is 5.88 Å². The number of H-pyrrole nitrogens is 1. The normalized spacial score (nSPS) is 11.8. The SMILES string of the molecule is COc1nc(NS(=O)(=O)c2c[nH]c3c2ccc2ccccc23)c(F)cc1Cl. The Bertz CT molecular complexity index is 1290. The van der Waals surface area contributed by atoms with Crippen LogP contribution < -0.4 is 9.46 Å². The van der Waals surface area contributed by atoms with Crippen LogP contribution in [0.3, 0.4) is 0 Å². The fourth-order valence-corrected chi connectivity index (χ4v) is 4.31. The summed E-state index contributed by atoms with van der Waals surface area (Å²) in [4.78, 5) is 6.76. The van der Waals surface area contributed by atoms with E-state index >= 15 is 0 Å². The molecule has 0 aliphatic rings. The quantitative estimate of drug-likeness (QED) is 0.529. The Morgan fingerprint density at radius 3 is 2.74 bits per heavy atom. The van der Waals surface area contributed by atoms with Crippen LogP contribution in [0, 0.1) is 5.82 Å². The van der Waals surface area contributed by atoms with Gasteiger partial charge in [-0.3, -0.25) is 4.72 Å². The van der Waals surface area contributed by atoms with Crippen LogP contribution >= 0.6 is 11.6 Å². The lowest BCUT2D eigenvalue weighted by Crippen LogP contribution is -2.15. The molecule has 0 saturated carbocycles. The van der Waals surface area contributed by atoms with E-state index in [1.807, 2.05) is 30.3 Å². The molecule has 2 aromatic carbocycles. The monoisotopic (exact) mass is 405 g/mol. The van der Waals surface area contributed by atoms with Crippen LogP contribution in [-0.2, 0) is 10.0 Å². The molecule has 4 rings (SSSR count). The van der Waals surface area contributed by atoms with Crippen molar-refractivity contribution in [2.24, 2.45) is 0 Å². The zero-order valence-electron chi connectivity index (χ0n) is 14.0. The summed E-state index contributed by atoms with van der Waals surface area (Å²) >= 11 is 5.80. The van der Waals surface area contributed by atoms with Crippen LogP contribution in [0.15, 0.2) is 53.6 Å². The molecule has 138 valence electrons. The fourth-order valence-electron chi connectivity index (χ4n) is 2.92. The van der Waals surface area contributed by atoms with Crippen molar-refractivity contribution < 1.29 is 17.5 Å². The van der Waals surface area contributed by atoms with Crippen molar-refractivity contribution in [3.8, 4) is 5.88 Å². The lowest BCUT2D eigenvalue weighted by atomic mass is 10.1. The van der Waals surface area contributed by atoms with E-state index in [0.29, 0.717) is 10.9 Å². The zero-order chi connectivity index (χ0) is 19.2. The van der Waals surface area contributed by atoms with Gasteiger partial charge >= 0.3 is 0 Å². The Hall–Kier alpha value is -2.84. The number of halogens is 2. The molecule has 0 atom stereocenters. The van der Waals surface area contributed by atoms with E-state index in [1.165, 1.54) is 13.3 Å².